The molecular weight excluding hydrogens is 256 g/mol. The molecule has 3 rings (SSSR count). The standard InChI is InChI=1S/C19H24N2/c1-3-10-20-19(13-18-14(2)7-6-11-21-18)17-12-15-8-4-5-9-16(15)17/h4-9,11,17,19-20H,3,10,12-13H2,1-2H3. The van der Waals surface area contributed by atoms with Crippen LogP contribution in [0.4, 0.5) is 0 Å². The number of aromatic nitrogens is 1. The van der Waals surface area contributed by atoms with Crippen LogP contribution in [0, 0.1) is 6.92 Å². The fourth-order valence-corrected chi connectivity index (χ4v) is 3.28. The second-order valence-corrected chi connectivity index (χ2v) is 6.04. The molecule has 0 saturated heterocycles. The lowest BCUT2D eigenvalue weighted by molar-refractivity contribution is 0.394. The minimum absolute atomic E-state index is 0.494. The molecule has 1 aromatic carbocycles. The number of pyridine rings is 1. The summed E-state index contributed by atoms with van der Waals surface area (Å²) < 4.78 is 0. The van der Waals surface area contributed by atoms with E-state index in [0.717, 1.165) is 13.0 Å². The summed E-state index contributed by atoms with van der Waals surface area (Å²) in [6.45, 7) is 5.47. The van der Waals surface area contributed by atoms with Crippen molar-refractivity contribution in [2.45, 2.75) is 45.1 Å². The van der Waals surface area contributed by atoms with E-state index in [-0.39, 0.29) is 0 Å². The largest absolute Gasteiger partial charge is 0.313 e. The molecule has 0 radical (unpaired) electrons. The minimum atomic E-state index is 0.494. The van der Waals surface area contributed by atoms with Crippen molar-refractivity contribution in [3.05, 3.63) is 65.0 Å². The van der Waals surface area contributed by atoms with E-state index in [2.05, 4.69) is 54.5 Å². The average molecular weight is 280 g/mol. The average Bonchev–Trinajstić information content (AvgIpc) is 2.48. The molecule has 2 heteroatoms. The number of nitrogens with zero attached hydrogens (tertiary/aromatic N) is 1. The zero-order valence-electron chi connectivity index (χ0n) is 13.0. The third kappa shape index (κ3) is 3.01. The van der Waals surface area contributed by atoms with Crippen LogP contribution in [-0.2, 0) is 12.8 Å². The number of fused-ring (bicyclic) bond motifs is 1. The molecule has 0 aliphatic heterocycles. The van der Waals surface area contributed by atoms with Gasteiger partial charge in [0.15, 0.2) is 0 Å². The van der Waals surface area contributed by atoms with Gasteiger partial charge in [0.2, 0.25) is 0 Å². The second-order valence-electron chi connectivity index (χ2n) is 6.04. The molecule has 1 aliphatic rings. The number of benzene rings is 1. The number of hydrogen-bond acceptors (Lipinski definition) is 2. The van der Waals surface area contributed by atoms with Gasteiger partial charge in [-0.3, -0.25) is 4.98 Å². The Hall–Kier alpha value is -1.67. The van der Waals surface area contributed by atoms with Gasteiger partial charge in [0.25, 0.3) is 0 Å². The zero-order chi connectivity index (χ0) is 14.7. The molecule has 0 bridgehead atoms. The van der Waals surface area contributed by atoms with Crippen molar-refractivity contribution >= 4 is 0 Å². The van der Waals surface area contributed by atoms with Gasteiger partial charge in [-0.1, -0.05) is 37.3 Å². The first kappa shape index (κ1) is 14.3. The normalized spacial score (nSPS) is 17.9. The van der Waals surface area contributed by atoms with Crippen LogP contribution in [0.5, 0.6) is 0 Å². The van der Waals surface area contributed by atoms with Gasteiger partial charge in [-0.2, -0.15) is 0 Å². The van der Waals surface area contributed by atoms with E-state index < -0.39 is 0 Å². The Balaban J connectivity index is 1.78. The van der Waals surface area contributed by atoms with E-state index >= 15 is 0 Å². The summed E-state index contributed by atoms with van der Waals surface area (Å²) >= 11 is 0. The number of nitrogens with one attached hydrogen (secondary N) is 1. The molecule has 0 fully saturated rings. The summed E-state index contributed by atoms with van der Waals surface area (Å²) in [4.78, 5) is 4.58. The molecule has 21 heavy (non-hydrogen) atoms. The van der Waals surface area contributed by atoms with E-state index in [4.69, 9.17) is 0 Å². The SMILES string of the molecule is CCCNC(Cc1ncccc1C)C1Cc2ccccc21. The predicted octanol–water partition coefficient (Wildman–Crippen LogP) is 3.64. The van der Waals surface area contributed by atoms with E-state index in [1.54, 1.807) is 0 Å². The summed E-state index contributed by atoms with van der Waals surface area (Å²) in [5, 5.41) is 3.75. The Bertz CT molecular complexity index is 606. The minimum Gasteiger partial charge on any atom is -0.313 e. The van der Waals surface area contributed by atoms with Gasteiger partial charge in [0, 0.05) is 30.3 Å². The van der Waals surface area contributed by atoms with Gasteiger partial charge < -0.3 is 5.32 Å². The molecule has 110 valence electrons. The van der Waals surface area contributed by atoms with Crippen LogP contribution < -0.4 is 5.32 Å². The van der Waals surface area contributed by atoms with E-state index in [9.17, 15) is 0 Å². The first-order valence-electron chi connectivity index (χ1n) is 8.01. The number of rotatable bonds is 6. The highest BCUT2D eigenvalue weighted by atomic mass is 14.9. The molecule has 1 N–H and O–H groups in total. The maximum absolute atomic E-state index is 4.58. The monoisotopic (exact) mass is 280 g/mol. The first-order valence-corrected chi connectivity index (χ1v) is 8.01. The lowest BCUT2D eigenvalue weighted by Crippen LogP contribution is -2.42. The molecular formula is C19H24N2. The van der Waals surface area contributed by atoms with Crippen molar-refractivity contribution in [3.8, 4) is 0 Å². The molecule has 2 aromatic rings. The Morgan fingerprint density at radius 2 is 2.10 bits per heavy atom. The molecule has 1 aliphatic carbocycles. The second kappa shape index (κ2) is 6.40. The highest BCUT2D eigenvalue weighted by molar-refractivity contribution is 5.41. The first-order chi connectivity index (χ1) is 10.3. The molecule has 2 unspecified atom stereocenters. The maximum Gasteiger partial charge on any atom is 0.0448 e. The number of hydrogen-bond donors (Lipinski definition) is 1. The smallest absolute Gasteiger partial charge is 0.0448 e. The quantitative estimate of drug-likeness (QED) is 0.874. The highest BCUT2D eigenvalue weighted by Crippen LogP contribution is 2.38. The fraction of sp³-hybridized carbons (Fsp3) is 0.421. The number of aryl methyl sites for hydroxylation is 1. The van der Waals surface area contributed by atoms with Crippen LogP contribution >= 0.6 is 0 Å². The summed E-state index contributed by atoms with van der Waals surface area (Å²) in [5.41, 5.74) is 5.58. The van der Waals surface area contributed by atoms with Crippen molar-refractivity contribution in [2.75, 3.05) is 6.54 Å². The van der Waals surface area contributed by atoms with Gasteiger partial charge in [0.05, 0.1) is 0 Å². The summed E-state index contributed by atoms with van der Waals surface area (Å²) in [7, 11) is 0. The summed E-state index contributed by atoms with van der Waals surface area (Å²) in [5.74, 6) is 0.633. The molecule has 0 amide bonds. The van der Waals surface area contributed by atoms with Crippen LogP contribution in [0.1, 0.15) is 41.6 Å². The molecule has 0 spiro atoms. The molecule has 1 heterocycles. The topological polar surface area (TPSA) is 24.9 Å². The molecule has 1 aromatic heterocycles. The Labute approximate surface area is 127 Å². The van der Waals surface area contributed by atoms with Crippen molar-refractivity contribution in [2.24, 2.45) is 0 Å². The van der Waals surface area contributed by atoms with Crippen LogP contribution in [0.25, 0.3) is 0 Å². The summed E-state index contributed by atoms with van der Waals surface area (Å²) in [6.07, 6.45) is 5.30. The Morgan fingerprint density at radius 1 is 1.24 bits per heavy atom. The van der Waals surface area contributed by atoms with Gasteiger partial charge in [-0.05, 0) is 49.1 Å². The highest BCUT2D eigenvalue weighted by Gasteiger charge is 2.32. The lowest BCUT2D eigenvalue weighted by Gasteiger charge is -2.37. The van der Waals surface area contributed by atoms with Crippen LogP contribution in [-0.4, -0.2) is 17.6 Å². The van der Waals surface area contributed by atoms with Gasteiger partial charge in [0.1, 0.15) is 0 Å². The Kier molecular flexibility index (Phi) is 4.35. The van der Waals surface area contributed by atoms with Crippen LogP contribution in [0.2, 0.25) is 0 Å². The van der Waals surface area contributed by atoms with Gasteiger partial charge in [-0.25, -0.2) is 0 Å². The lowest BCUT2D eigenvalue weighted by atomic mass is 9.72. The van der Waals surface area contributed by atoms with Crippen LogP contribution in [0.15, 0.2) is 42.6 Å². The fourth-order valence-electron chi connectivity index (χ4n) is 3.28. The maximum atomic E-state index is 4.58. The van der Waals surface area contributed by atoms with Crippen LogP contribution in [0.3, 0.4) is 0 Å². The van der Waals surface area contributed by atoms with Gasteiger partial charge >= 0.3 is 0 Å². The molecule has 2 atom stereocenters. The van der Waals surface area contributed by atoms with Crippen molar-refractivity contribution in [3.63, 3.8) is 0 Å². The predicted molar refractivity (Wildman–Crippen MR) is 87.6 cm³/mol. The van der Waals surface area contributed by atoms with Crippen molar-refractivity contribution in [1.29, 1.82) is 0 Å². The van der Waals surface area contributed by atoms with Crippen molar-refractivity contribution in [1.82, 2.24) is 10.3 Å². The third-order valence-corrected chi connectivity index (χ3v) is 4.57. The van der Waals surface area contributed by atoms with Crippen molar-refractivity contribution < 1.29 is 0 Å². The molecule has 0 saturated carbocycles. The zero-order valence-corrected chi connectivity index (χ0v) is 13.0. The molecule has 2 nitrogen and oxygen atoms in total. The Morgan fingerprint density at radius 3 is 2.86 bits per heavy atom. The van der Waals surface area contributed by atoms with E-state index in [1.807, 2.05) is 12.3 Å². The van der Waals surface area contributed by atoms with E-state index in [1.165, 1.54) is 35.2 Å². The third-order valence-electron chi connectivity index (χ3n) is 4.57. The van der Waals surface area contributed by atoms with E-state index in [0.29, 0.717) is 12.0 Å². The summed E-state index contributed by atoms with van der Waals surface area (Å²) in [6, 6.07) is 13.5. The van der Waals surface area contributed by atoms with Gasteiger partial charge in [-0.15, -0.1) is 0 Å².